The minimum absolute atomic E-state index is 0.0957. The molecule has 5 heteroatoms. The van der Waals surface area contributed by atoms with Crippen LogP contribution in [0.4, 0.5) is 0 Å². The third-order valence-corrected chi connectivity index (χ3v) is 10.3. The SMILES string of the molecule is CC(CCC(=O)O)[C@H]1CC[C@H]2[C@@H]3[C@H](O)C[C@H]4C[C@H](O)CC[C@]4(C)[C@H]3C[C@H](O)[C@]12C. The van der Waals surface area contributed by atoms with E-state index in [0.717, 1.165) is 44.9 Å². The molecule has 0 bridgehead atoms. The van der Waals surface area contributed by atoms with Gasteiger partial charge in [0.2, 0.25) is 0 Å². The number of hydrogen-bond donors (Lipinski definition) is 4. The molecule has 166 valence electrons. The molecule has 29 heavy (non-hydrogen) atoms. The average Bonchev–Trinajstić information content (AvgIpc) is 3.01. The lowest BCUT2D eigenvalue weighted by Crippen LogP contribution is -2.62. The van der Waals surface area contributed by atoms with E-state index in [1.165, 1.54) is 0 Å². The van der Waals surface area contributed by atoms with Crippen molar-refractivity contribution in [3.05, 3.63) is 0 Å². The highest BCUT2D eigenvalue weighted by Crippen LogP contribution is 2.68. The first-order valence-corrected chi connectivity index (χ1v) is 11.8. The van der Waals surface area contributed by atoms with Crippen molar-refractivity contribution >= 4 is 5.97 Å². The van der Waals surface area contributed by atoms with Gasteiger partial charge in [-0.1, -0.05) is 20.8 Å². The number of carboxylic acid groups (broad SMARTS) is 1. The molecule has 11 atom stereocenters. The van der Waals surface area contributed by atoms with Crippen LogP contribution in [-0.2, 0) is 4.79 Å². The Labute approximate surface area is 174 Å². The van der Waals surface area contributed by atoms with Crippen LogP contribution in [0.3, 0.4) is 0 Å². The number of aliphatic hydroxyl groups excluding tert-OH is 3. The molecule has 0 radical (unpaired) electrons. The maximum absolute atomic E-state index is 11.5. The fourth-order valence-corrected chi connectivity index (χ4v) is 8.68. The van der Waals surface area contributed by atoms with Crippen LogP contribution < -0.4 is 0 Å². The molecular formula is C24H40O5. The molecule has 5 nitrogen and oxygen atoms in total. The van der Waals surface area contributed by atoms with Gasteiger partial charge in [0.05, 0.1) is 18.3 Å². The molecule has 4 aliphatic rings. The summed E-state index contributed by atoms with van der Waals surface area (Å²) in [5.74, 6) is 0.997. The van der Waals surface area contributed by atoms with Gasteiger partial charge in [-0.25, -0.2) is 0 Å². The molecule has 0 saturated heterocycles. The van der Waals surface area contributed by atoms with Crippen molar-refractivity contribution in [2.75, 3.05) is 0 Å². The number of fused-ring (bicyclic) bond motifs is 5. The summed E-state index contributed by atoms with van der Waals surface area (Å²) in [7, 11) is 0. The summed E-state index contributed by atoms with van der Waals surface area (Å²) < 4.78 is 0. The molecule has 4 aliphatic carbocycles. The van der Waals surface area contributed by atoms with Gasteiger partial charge in [0.25, 0.3) is 0 Å². The van der Waals surface area contributed by atoms with Gasteiger partial charge >= 0.3 is 5.97 Å². The van der Waals surface area contributed by atoms with Crippen molar-refractivity contribution in [3.8, 4) is 0 Å². The maximum Gasteiger partial charge on any atom is 0.303 e. The fraction of sp³-hybridized carbons (Fsp3) is 0.958. The largest absolute Gasteiger partial charge is 0.481 e. The van der Waals surface area contributed by atoms with Crippen LogP contribution in [0.1, 0.15) is 78.6 Å². The topological polar surface area (TPSA) is 98.0 Å². The molecule has 0 aromatic carbocycles. The standard InChI is InChI=1S/C24H40O5/c1-13(4-7-21(28)29)16-5-6-17-22-18(12-20(27)24(16,17)3)23(2)9-8-15(25)10-14(23)11-19(22)26/h13-20,22,25-27H,4-12H2,1-3H3,(H,28,29)/t13?,14-,15-,16-,17+,18+,19-,20+,22+,23+,24-/m1/s1. The Morgan fingerprint density at radius 3 is 2.45 bits per heavy atom. The van der Waals surface area contributed by atoms with E-state index in [9.17, 15) is 20.1 Å². The van der Waals surface area contributed by atoms with Crippen molar-refractivity contribution in [3.63, 3.8) is 0 Å². The molecule has 4 N–H and O–H groups in total. The minimum Gasteiger partial charge on any atom is -0.481 e. The minimum atomic E-state index is -0.748. The van der Waals surface area contributed by atoms with Gasteiger partial charge in [0.15, 0.2) is 0 Å². The monoisotopic (exact) mass is 408 g/mol. The predicted molar refractivity (Wildman–Crippen MR) is 110 cm³/mol. The first kappa shape index (κ1) is 21.6. The highest BCUT2D eigenvalue weighted by atomic mass is 16.4. The first-order chi connectivity index (χ1) is 13.6. The van der Waals surface area contributed by atoms with E-state index in [-0.39, 0.29) is 41.3 Å². The molecule has 4 saturated carbocycles. The molecule has 4 fully saturated rings. The zero-order valence-corrected chi connectivity index (χ0v) is 18.3. The van der Waals surface area contributed by atoms with Crippen molar-refractivity contribution < 1.29 is 25.2 Å². The van der Waals surface area contributed by atoms with Gasteiger partial charge in [-0.05, 0) is 97.7 Å². The summed E-state index contributed by atoms with van der Waals surface area (Å²) in [6.45, 7) is 6.72. The Morgan fingerprint density at radius 2 is 1.76 bits per heavy atom. The second kappa shape index (κ2) is 7.49. The Morgan fingerprint density at radius 1 is 1.03 bits per heavy atom. The Bertz CT molecular complexity index is 637. The van der Waals surface area contributed by atoms with E-state index in [0.29, 0.717) is 30.1 Å². The lowest BCUT2D eigenvalue weighted by Gasteiger charge is -2.63. The van der Waals surface area contributed by atoms with Crippen LogP contribution in [-0.4, -0.2) is 44.7 Å². The predicted octanol–water partition coefficient (Wildman–Crippen LogP) is 3.45. The highest BCUT2D eigenvalue weighted by molar-refractivity contribution is 5.66. The summed E-state index contributed by atoms with van der Waals surface area (Å²) in [5, 5.41) is 42.0. The Hall–Kier alpha value is -0.650. The van der Waals surface area contributed by atoms with Crippen LogP contribution in [0, 0.1) is 46.3 Å². The molecule has 4 rings (SSSR count). The van der Waals surface area contributed by atoms with Gasteiger partial charge < -0.3 is 20.4 Å². The molecule has 1 unspecified atom stereocenters. The third-order valence-electron chi connectivity index (χ3n) is 10.3. The summed E-state index contributed by atoms with van der Waals surface area (Å²) in [4.78, 5) is 11.1. The average molecular weight is 409 g/mol. The van der Waals surface area contributed by atoms with Crippen molar-refractivity contribution in [1.29, 1.82) is 0 Å². The molecule has 0 spiro atoms. The quantitative estimate of drug-likeness (QED) is 0.571. The Balaban J connectivity index is 1.61. The normalized spacial score (nSPS) is 52.9. The number of aliphatic carboxylic acids is 1. The van der Waals surface area contributed by atoms with Crippen LogP contribution in [0.5, 0.6) is 0 Å². The number of hydrogen-bond acceptors (Lipinski definition) is 4. The second-order valence-corrected chi connectivity index (χ2v) is 11.4. The first-order valence-electron chi connectivity index (χ1n) is 11.8. The van der Waals surface area contributed by atoms with E-state index in [2.05, 4.69) is 20.8 Å². The zero-order chi connectivity index (χ0) is 21.1. The van der Waals surface area contributed by atoms with E-state index < -0.39 is 12.1 Å². The molecular weight excluding hydrogens is 368 g/mol. The molecule has 0 aromatic rings. The number of aliphatic hydroxyl groups is 3. The van der Waals surface area contributed by atoms with Crippen molar-refractivity contribution in [1.82, 2.24) is 0 Å². The lowest BCUT2D eigenvalue weighted by atomic mass is 9.43. The van der Waals surface area contributed by atoms with Crippen molar-refractivity contribution in [2.45, 2.75) is 96.9 Å². The van der Waals surface area contributed by atoms with Gasteiger partial charge in [-0.2, -0.15) is 0 Å². The van der Waals surface area contributed by atoms with Crippen LogP contribution >= 0.6 is 0 Å². The Kier molecular flexibility index (Phi) is 5.57. The van der Waals surface area contributed by atoms with Gasteiger partial charge in [-0.15, -0.1) is 0 Å². The highest BCUT2D eigenvalue weighted by Gasteiger charge is 2.65. The van der Waals surface area contributed by atoms with Crippen LogP contribution in [0.25, 0.3) is 0 Å². The lowest BCUT2D eigenvalue weighted by molar-refractivity contribution is -0.207. The third kappa shape index (κ3) is 3.27. The second-order valence-electron chi connectivity index (χ2n) is 11.4. The van der Waals surface area contributed by atoms with Gasteiger partial charge in [0, 0.05) is 6.42 Å². The maximum atomic E-state index is 11.5. The molecule has 0 aromatic heterocycles. The summed E-state index contributed by atoms with van der Waals surface area (Å²) >= 11 is 0. The fourth-order valence-electron chi connectivity index (χ4n) is 8.68. The van der Waals surface area contributed by atoms with E-state index in [1.54, 1.807) is 0 Å². The number of rotatable bonds is 4. The van der Waals surface area contributed by atoms with Crippen molar-refractivity contribution in [2.24, 2.45) is 46.3 Å². The zero-order valence-electron chi connectivity index (χ0n) is 18.3. The smallest absolute Gasteiger partial charge is 0.303 e. The van der Waals surface area contributed by atoms with Crippen LogP contribution in [0.15, 0.2) is 0 Å². The van der Waals surface area contributed by atoms with Gasteiger partial charge in [-0.3, -0.25) is 4.79 Å². The van der Waals surface area contributed by atoms with E-state index in [1.807, 2.05) is 0 Å². The molecule has 0 heterocycles. The van der Waals surface area contributed by atoms with Gasteiger partial charge in [0.1, 0.15) is 0 Å². The summed E-state index contributed by atoms with van der Waals surface area (Å²) in [6.07, 6.45) is 6.00. The number of carbonyl (C=O) groups is 1. The van der Waals surface area contributed by atoms with E-state index in [4.69, 9.17) is 5.11 Å². The van der Waals surface area contributed by atoms with E-state index >= 15 is 0 Å². The summed E-state index contributed by atoms with van der Waals surface area (Å²) in [6, 6.07) is 0. The van der Waals surface area contributed by atoms with Crippen LogP contribution in [0.2, 0.25) is 0 Å². The summed E-state index contributed by atoms with van der Waals surface area (Å²) in [5.41, 5.74) is -0.143. The molecule has 0 aliphatic heterocycles. The molecule has 0 amide bonds. The number of carboxylic acids is 1.